The summed E-state index contributed by atoms with van der Waals surface area (Å²) in [5.41, 5.74) is 12.8. The van der Waals surface area contributed by atoms with Gasteiger partial charge in [-0.2, -0.15) is 0 Å². The standard InChI is InChI=1S/C14H15ClN4O/c1-19(8-9-3-2-4-10(15)7-9)14-11(16)5-6-12(18-14)13(17)20/h2-7H,8,16H2,1H3,(H2,17,20). The summed E-state index contributed by atoms with van der Waals surface area (Å²) in [4.78, 5) is 17.2. The average molecular weight is 291 g/mol. The number of halogens is 1. The number of hydrogen-bond donors (Lipinski definition) is 2. The monoisotopic (exact) mass is 290 g/mol. The molecule has 2 aromatic rings. The number of anilines is 2. The van der Waals surface area contributed by atoms with Crippen LogP contribution in [0.5, 0.6) is 0 Å². The van der Waals surface area contributed by atoms with Crippen molar-refractivity contribution in [3.8, 4) is 0 Å². The third kappa shape index (κ3) is 3.19. The lowest BCUT2D eigenvalue weighted by atomic mass is 10.2. The zero-order chi connectivity index (χ0) is 14.7. The Morgan fingerprint density at radius 1 is 1.35 bits per heavy atom. The number of nitrogens with zero attached hydrogens (tertiary/aromatic N) is 2. The summed E-state index contributed by atoms with van der Waals surface area (Å²) >= 11 is 5.95. The molecule has 0 fully saturated rings. The van der Waals surface area contributed by atoms with E-state index in [-0.39, 0.29) is 5.69 Å². The molecule has 1 amide bonds. The molecule has 0 radical (unpaired) electrons. The molecule has 0 atom stereocenters. The maximum absolute atomic E-state index is 11.2. The Morgan fingerprint density at radius 2 is 2.10 bits per heavy atom. The van der Waals surface area contributed by atoms with Crippen LogP contribution in [0.25, 0.3) is 0 Å². The molecular formula is C14H15ClN4O. The highest BCUT2D eigenvalue weighted by Gasteiger charge is 2.11. The van der Waals surface area contributed by atoms with Crippen LogP contribution >= 0.6 is 11.6 Å². The van der Waals surface area contributed by atoms with Crippen molar-refractivity contribution in [2.45, 2.75) is 6.54 Å². The normalized spacial score (nSPS) is 10.3. The second-order valence-electron chi connectivity index (χ2n) is 4.46. The van der Waals surface area contributed by atoms with Gasteiger partial charge in [0.15, 0.2) is 5.82 Å². The van der Waals surface area contributed by atoms with Gasteiger partial charge in [-0.25, -0.2) is 4.98 Å². The van der Waals surface area contributed by atoms with Crippen LogP contribution < -0.4 is 16.4 Å². The molecule has 0 saturated heterocycles. The molecule has 1 heterocycles. The van der Waals surface area contributed by atoms with E-state index in [0.717, 1.165) is 5.56 Å². The molecule has 0 aliphatic carbocycles. The van der Waals surface area contributed by atoms with Gasteiger partial charge in [0.1, 0.15) is 5.69 Å². The number of rotatable bonds is 4. The number of pyridine rings is 1. The summed E-state index contributed by atoms with van der Waals surface area (Å²) in [7, 11) is 1.84. The molecule has 0 aliphatic heterocycles. The summed E-state index contributed by atoms with van der Waals surface area (Å²) in [5, 5.41) is 0.669. The van der Waals surface area contributed by atoms with Gasteiger partial charge < -0.3 is 16.4 Å². The van der Waals surface area contributed by atoms with Crippen LogP contribution in [0.4, 0.5) is 11.5 Å². The molecule has 0 saturated carbocycles. The molecule has 5 nitrogen and oxygen atoms in total. The fourth-order valence-electron chi connectivity index (χ4n) is 1.89. The predicted molar refractivity (Wildman–Crippen MR) is 80.7 cm³/mol. The van der Waals surface area contributed by atoms with Crippen molar-refractivity contribution in [1.29, 1.82) is 0 Å². The largest absolute Gasteiger partial charge is 0.396 e. The number of amides is 1. The van der Waals surface area contributed by atoms with E-state index in [4.69, 9.17) is 23.1 Å². The van der Waals surface area contributed by atoms with Gasteiger partial charge in [-0.1, -0.05) is 23.7 Å². The molecule has 4 N–H and O–H groups in total. The SMILES string of the molecule is CN(Cc1cccc(Cl)c1)c1nc(C(N)=O)ccc1N. The molecule has 0 spiro atoms. The second kappa shape index (κ2) is 5.79. The van der Waals surface area contributed by atoms with Gasteiger partial charge in [0.05, 0.1) is 5.69 Å². The van der Waals surface area contributed by atoms with Crippen molar-refractivity contribution in [2.24, 2.45) is 5.73 Å². The summed E-state index contributed by atoms with van der Waals surface area (Å²) in [6.07, 6.45) is 0. The van der Waals surface area contributed by atoms with Gasteiger partial charge in [0, 0.05) is 18.6 Å². The zero-order valence-corrected chi connectivity index (χ0v) is 11.8. The van der Waals surface area contributed by atoms with Gasteiger partial charge >= 0.3 is 0 Å². The van der Waals surface area contributed by atoms with Gasteiger partial charge in [0.2, 0.25) is 0 Å². The van der Waals surface area contributed by atoms with Crippen LogP contribution in [0.3, 0.4) is 0 Å². The fourth-order valence-corrected chi connectivity index (χ4v) is 2.10. The Labute approximate surface area is 122 Å². The fraction of sp³-hybridized carbons (Fsp3) is 0.143. The Kier molecular flexibility index (Phi) is 4.10. The highest BCUT2D eigenvalue weighted by atomic mass is 35.5. The van der Waals surface area contributed by atoms with Gasteiger partial charge in [-0.15, -0.1) is 0 Å². The van der Waals surface area contributed by atoms with E-state index in [1.807, 2.05) is 36.2 Å². The van der Waals surface area contributed by atoms with E-state index >= 15 is 0 Å². The topological polar surface area (TPSA) is 85.2 Å². The van der Waals surface area contributed by atoms with Crippen molar-refractivity contribution in [2.75, 3.05) is 17.7 Å². The number of carbonyl (C=O) groups is 1. The maximum Gasteiger partial charge on any atom is 0.267 e. The molecule has 0 aliphatic rings. The average Bonchev–Trinajstić information content (AvgIpc) is 2.38. The van der Waals surface area contributed by atoms with Gasteiger partial charge in [-0.05, 0) is 29.8 Å². The molecular weight excluding hydrogens is 276 g/mol. The molecule has 2 rings (SSSR count). The molecule has 1 aromatic carbocycles. The van der Waals surface area contributed by atoms with E-state index in [9.17, 15) is 4.79 Å². The molecule has 0 bridgehead atoms. The summed E-state index contributed by atoms with van der Waals surface area (Å²) in [5.74, 6) is -0.0660. The van der Waals surface area contributed by atoms with Gasteiger partial charge in [0.25, 0.3) is 5.91 Å². The minimum atomic E-state index is -0.581. The van der Waals surface area contributed by atoms with E-state index in [2.05, 4.69) is 4.98 Å². The Balaban J connectivity index is 2.26. The van der Waals surface area contributed by atoms with Crippen LogP contribution in [0.15, 0.2) is 36.4 Å². The van der Waals surface area contributed by atoms with Crippen LogP contribution in [-0.2, 0) is 6.54 Å². The minimum absolute atomic E-state index is 0.187. The molecule has 0 unspecified atom stereocenters. The third-order valence-corrected chi connectivity index (χ3v) is 3.06. The number of hydrogen-bond acceptors (Lipinski definition) is 4. The molecule has 20 heavy (non-hydrogen) atoms. The van der Waals surface area contributed by atoms with Crippen molar-refractivity contribution < 1.29 is 4.79 Å². The lowest BCUT2D eigenvalue weighted by Crippen LogP contribution is -2.21. The Bertz CT molecular complexity index is 645. The maximum atomic E-state index is 11.2. The van der Waals surface area contributed by atoms with E-state index in [0.29, 0.717) is 23.1 Å². The number of primary amides is 1. The van der Waals surface area contributed by atoms with Gasteiger partial charge in [-0.3, -0.25) is 4.79 Å². The number of carbonyl (C=O) groups excluding carboxylic acids is 1. The summed E-state index contributed by atoms with van der Waals surface area (Å²) in [6, 6.07) is 10.6. The summed E-state index contributed by atoms with van der Waals surface area (Å²) in [6.45, 7) is 0.569. The molecule has 1 aromatic heterocycles. The molecule has 6 heteroatoms. The van der Waals surface area contributed by atoms with E-state index in [1.54, 1.807) is 6.07 Å². The lowest BCUT2D eigenvalue weighted by molar-refractivity contribution is 0.0995. The first-order valence-electron chi connectivity index (χ1n) is 5.99. The van der Waals surface area contributed by atoms with E-state index in [1.165, 1.54) is 6.07 Å². The Morgan fingerprint density at radius 3 is 2.75 bits per heavy atom. The lowest BCUT2D eigenvalue weighted by Gasteiger charge is -2.20. The smallest absolute Gasteiger partial charge is 0.267 e. The number of aromatic nitrogens is 1. The quantitative estimate of drug-likeness (QED) is 0.902. The van der Waals surface area contributed by atoms with Crippen molar-refractivity contribution in [3.63, 3.8) is 0 Å². The summed E-state index contributed by atoms with van der Waals surface area (Å²) < 4.78 is 0. The first-order chi connectivity index (χ1) is 9.47. The third-order valence-electron chi connectivity index (χ3n) is 2.83. The minimum Gasteiger partial charge on any atom is -0.396 e. The van der Waals surface area contributed by atoms with Crippen LogP contribution in [0.2, 0.25) is 5.02 Å². The number of benzene rings is 1. The van der Waals surface area contributed by atoms with E-state index < -0.39 is 5.91 Å². The van der Waals surface area contributed by atoms with Crippen LogP contribution in [0, 0.1) is 0 Å². The highest BCUT2D eigenvalue weighted by molar-refractivity contribution is 6.30. The van der Waals surface area contributed by atoms with Crippen LogP contribution in [0.1, 0.15) is 16.1 Å². The highest BCUT2D eigenvalue weighted by Crippen LogP contribution is 2.22. The van der Waals surface area contributed by atoms with Crippen molar-refractivity contribution in [1.82, 2.24) is 4.98 Å². The number of nitrogen functional groups attached to an aromatic ring is 1. The van der Waals surface area contributed by atoms with Crippen LogP contribution in [-0.4, -0.2) is 17.9 Å². The predicted octanol–water partition coefficient (Wildman–Crippen LogP) is 2.05. The van der Waals surface area contributed by atoms with Crippen molar-refractivity contribution >= 4 is 29.0 Å². The Hall–Kier alpha value is -2.27. The zero-order valence-electron chi connectivity index (χ0n) is 11.0. The first kappa shape index (κ1) is 14.1. The first-order valence-corrected chi connectivity index (χ1v) is 6.37. The second-order valence-corrected chi connectivity index (χ2v) is 4.90. The van der Waals surface area contributed by atoms with Crippen molar-refractivity contribution in [3.05, 3.63) is 52.7 Å². The number of nitrogens with two attached hydrogens (primary N) is 2. The molecule has 104 valence electrons.